The molecule has 2 aromatic heterocycles. The third kappa shape index (κ3) is 4.51. The summed E-state index contributed by atoms with van der Waals surface area (Å²) in [5, 5.41) is 9.15. The van der Waals surface area contributed by atoms with E-state index in [1.807, 2.05) is 25.0 Å². The Kier molecular flexibility index (Phi) is 6.98. The minimum absolute atomic E-state index is 0. The summed E-state index contributed by atoms with van der Waals surface area (Å²) in [5.74, 6) is 1.56. The number of halogens is 1. The lowest BCUT2D eigenvalue weighted by Gasteiger charge is -2.21. The molecule has 1 unspecified atom stereocenters. The van der Waals surface area contributed by atoms with Crippen LogP contribution in [0.5, 0.6) is 0 Å². The predicted molar refractivity (Wildman–Crippen MR) is 125 cm³/mol. The van der Waals surface area contributed by atoms with Crippen molar-refractivity contribution in [3.05, 3.63) is 54.5 Å². The van der Waals surface area contributed by atoms with E-state index in [0.717, 1.165) is 45.0 Å². The first-order valence-corrected chi connectivity index (χ1v) is 9.72. The first-order valence-electron chi connectivity index (χ1n) is 9.72. The van der Waals surface area contributed by atoms with Gasteiger partial charge in [-0.05, 0) is 35.9 Å². The Balaban J connectivity index is 0.00000225. The molecule has 7 heteroatoms. The molecule has 0 radical (unpaired) electrons. The van der Waals surface area contributed by atoms with Crippen LogP contribution < -0.4 is 5.32 Å². The molecule has 0 aliphatic carbocycles. The third-order valence-corrected chi connectivity index (χ3v) is 5.43. The fourth-order valence-corrected chi connectivity index (χ4v) is 3.99. The molecule has 6 nitrogen and oxygen atoms in total. The molecule has 1 N–H and O–H groups in total. The van der Waals surface area contributed by atoms with Crippen LogP contribution in [0.2, 0.25) is 0 Å². The van der Waals surface area contributed by atoms with Gasteiger partial charge in [0.05, 0.1) is 6.20 Å². The lowest BCUT2D eigenvalue weighted by molar-refractivity contribution is 0.482. The molecule has 1 atom stereocenters. The highest BCUT2D eigenvalue weighted by Crippen LogP contribution is 2.26. The van der Waals surface area contributed by atoms with Crippen molar-refractivity contribution in [2.75, 3.05) is 26.7 Å². The molecule has 1 aliphatic heterocycles. The van der Waals surface area contributed by atoms with E-state index in [2.05, 4.69) is 67.6 Å². The summed E-state index contributed by atoms with van der Waals surface area (Å²) in [5.41, 5.74) is 2.63. The second kappa shape index (κ2) is 9.45. The highest BCUT2D eigenvalue weighted by molar-refractivity contribution is 14.0. The Morgan fingerprint density at radius 1 is 1.29 bits per heavy atom. The maximum Gasteiger partial charge on any atom is 0.193 e. The molecule has 1 saturated heterocycles. The van der Waals surface area contributed by atoms with Gasteiger partial charge in [0.15, 0.2) is 5.96 Å². The van der Waals surface area contributed by atoms with Crippen molar-refractivity contribution in [2.24, 2.45) is 12.0 Å². The molecule has 28 heavy (non-hydrogen) atoms. The van der Waals surface area contributed by atoms with Gasteiger partial charge in [0.2, 0.25) is 0 Å². The van der Waals surface area contributed by atoms with E-state index in [4.69, 9.17) is 0 Å². The van der Waals surface area contributed by atoms with E-state index in [1.54, 1.807) is 0 Å². The van der Waals surface area contributed by atoms with E-state index < -0.39 is 0 Å². The van der Waals surface area contributed by atoms with Gasteiger partial charge in [0.1, 0.15) is 0 Å². The number of likely N-dealkylation sites (tertiary alicyclic amines) is 1. The lowest BCUT2D eigenvalue weighted by atomic mass is 10.0. The standard InChI is InChI=1S/C21H28N6.HI/c1-22-21(27-13-9-18(16-27)19-14-24-25(2)15-19)23-10-5-11-26-12-8-17-6-3-4-7-20(17)26;/h3-4,6-8,12,14-15,18H,5,9-11,13,16H2,1-2H3,(H,22,23);1H. The number of benzene rings is 1. The van der Waals surface area contributed by atoms with Gasteiger partial charge in [-0.1, -0.05) is 18.2 Å². The Bertz CT molecular complexity index is 928. The number of nitrogens with zero attached hydrogens (tertiary/aromatic N) is 5. The van der Waals surface area contributed by atoms with Gasteiger partial charge in [0.25, 0.3) is 0 Å². The Morgan fingerprint density at radius 2 is 2.14 bits per heavy atom. The number of guanidine groups is 1. The van der Waals surface area contributed by atoms with Crippen LogP contribution >= 0.6 is 24.0 Å². The number of nitrogens with one attached hydrogen (secondary N) is 1. The summed E-state index contributed by atoms with van der Waals surface area (Å²) < 4.78 is 4.21. The molecule has 0 saturated carbocycles. The van der Waals surface area contributed by atoms with Gasteiger partial charge in [0, 0.05) is 64.1 Å². The third-order valence-electron chi connectivity index (χ3n) is 5.43. The van der Waals surface area contributed by atoms with Gasteiger partial charge in [-0.25, -0.2) is 0 Å². The Labute approximate surface area is 183 Å². The topological polar surface area (TPSA) is 50.4 Å². The highest BCUT2D eigenvalue weighted by atomic mass is 127. The van der Waals surface area contributed by atoms with Gasteiger partial charge in [-0.15, -0.1) is 24.0 Å². The molecular weight excluding hydrogens is 463 g/mol. The molecule has 0 bridgehead atoms. The predicted octanol–water partition coefficient (Wildman–Crippen LogP) is 3.45. The zero-order valence-corrected chi connectivity index (χ0v) is 18.9. The monoisotopic (exact) mass is 492 g/mol. The van der Waals surface area contributed by atoms with Crippen molar-refractivity contribution in [1.29, 1.82) is 0 Å². The lowest BCUT2D eigenvalue weighted by Crippen LogP contribution is -2.40. The van der Waals surface area contributed by atoms with E-state index >= 15 is 0 Å². The van der Waals surface area contributed by atoms with Gasteiger partial charge >= 0.3 is 0 Å². The number of aromatic nitrogens is 3. The molecule has 4 rings (SSSR count). The van der Waals surface area contributed by atoms with Crippen molar-refractivity contribution in [2.45, 2.75) is 25.3 Å². The van der Waals surface area contributed by atoms with Crippen molar-refractivity contribution >= 4 is 40.8 Å². The number of fused-ring (bicyclic) bond motifs is 1. The SMILES string of the molecule is CN=C(NCCCn1ccc2ccccc21)N1CCC(c2cnn(C)c2)C1.I. The van der Waals surface area contributed by atoms with Crippen molar-refractivity contribution in [1.82, 2.24) is 24.6 Å². The Morgan fingerprint density at radius 3 is 2.93 bits per heavy atom. The molecule has 3 aromatic rings. The van der Waals surface area contributed by atoms with E-state index in [0.29, 0.717) is 5.92 Å². The van der Waals surface area contributed by atoms with Crippen molar-refractivity contribution in [3.63, 3.8) is 0 Å². The summed E-state index contributed by atoms with van der Waals surface area (Å²) in [6.45, 7) is 3.98. The molecular formula is C21H29IN6. The first kappa shape index (κ1) is 20.7. The summed E-state index contributed by atoms with van der Waals surface area (Å²) in [6, 6.07) is 10.7. The van der Waals surface area contributed by atoms with E-state index in [9.17, 15) is 0 Å². The smallest absolute Gasteiger partial charge is 0.193 e. The molecule has 0 spiro atoms. The summed E-state index contributed by atoms with van der Waals surface area (Å²) in [7, 11) is 3.85. The van der Waals surface area contributed by atoms with Crippen LogP contribution in [0.25, 0.3) is 10.9 Å². The number of hydrogen-bond donors (Lipinski definition) is 1. The zero-order chi connectivity index (χ0) is 18.6. The average Bonchev–Trinajstić information content (AvgIpc) is 3.41. The quantitative estimate of drug-likeness (QED) is 0.257. The Hall–Kier alpha value is -2.03. The molecule has 150 valence electrons. The van der Waals surface area contributed by atoms with E-state index in [-0.39, 0.29) is 24.0 Å². The molecule has 0 amide bonds. The first-order chi connectivity index (χ1) is 13.2. The van der Waals surface area contributed by atoms with Gasteiger partial charge < -0.3 is 14.8 Å². The number of aliphatic imine (C=N–C) groups is 1. The van der Waals surface area contributed by atoms with Crippen LogP contribution in [0.4, 0.5) is 0 Å². The van der Waals surface area contributed by atoms with Crippen LogP contribution in [0.3, 0.4) is 0 Å². The van der Waals surface area contributed by atoms with Gasteiger partial charge in [-0.3, -0.25) is 9.67 Å². The number of para-hydroxylation sites is 1. The molecule has 3 heterocycles. The fraction of sp³-hybridized carbons (Fsp3) is 0.429. The second-order valence-corrected chi connectivity index (χ2v) is 7.27. The minimum atomic E-state index is 0. The van der Waals surface area contributed by atoms with Gasteiger partial charge in [-0.2, -0.15) is 5.10 Å². The maximum absolute atomic E-state index is 4.49. The summed E-state index contributed by atoms with van der Waals surface area (Å²) >= 11 is 0. The van der Waals surface area contributed by atoms with Crippen LogP contribution in [-0.4, -0.2) is 51.9 Å². The van der Waals surface area contributed by atoms with Crippen molar-refractivity contribution < 1.29 is 0 Å². The summed E-state index contributed by atoms with van der Waals surface area (Å²) in [4.78, 5) is 6.86. The summed E-state index contributed by atoms with van der Waals surface area (Å²) in [6.07, 6.45) is 8.52. The molecule has 1 aromatic carbocycles. The number of aryl methyl sites for hydroxylation is 2. The molecule has 1 fully saturated rings. The number of hydrogen-bond acceptors (Lipinski definition) is 2. The van der Waals surface area contributed by atoms with Crippen LogP contribution in [0.15, 0.2) is 53.9 Å². The van der Waals surface area contributed by atoms with E-state index in [1.165, 1.54) is 16.5 Å². The number of rotatable bonds is 5. The maximum atomic E-state index is 4.49. The van der Waals surface area contributed by atoms with Crippen LogP contribution in [-0.2, 0) is 13.6 Å². The normalized spacial score (nSPS) is 17.1. The van der Waals surface area contributed by atoms with Crippen LogP contribution in [0.1, 0.15) is 24.3 Å². The minimum Gasteiger partial charge on any atom is -0.356 e. The zero-order valence-electron chi connectivity index (χ0n) is 16.6. The van der Waals surface area contributed by atoms with Crippen molar-refractivity contribution in [3.8, 4) is 0 Å². The molecule has 1 aliphatic rings. The highest BCUT2D eigenvalue weighted by Gasteiger charge is 2.26. The average molecular weight is 492 g/mol. The fourth-order valence-electron chi connectivity index (χ4n) is 3.99. The largest absolute Gasteiger partial charge is 0.356 e. The second-order valence-electron chi connectivity index (χ2n) is 7.27. The van der Waals surface area contributed by atoms with Crippen LogP contribution in [0, 0.1) is 0 Å².